The van der Waals surface area contributed by atoms with Gasteiger partial charge in [-0.1, -0.05) is 11.8 Å². The molecule has 0 saturated heterocycles. The monoisotopic (exact) mass is 272 g/mol. The largest absolute Gasteiger partial charge is 0.326 e. The van der Waals surface area contributed by atoms with Crippen LogP contribution in [-0.4, -0.2) is 20.9 Å². The van der Waals surface area contributed by atoms with Gasteiger partial charge in [0.25, 0.3) is 10.0 Å². The molecular formula is C11H16N2O4S. The van der Waals surface area contributed by atoms with Crippen LogP contribution in [0.1, 0.15) is 20.3 Å². The van der Waals surface area contributed by atoms with Crippen LogP contribution in [0.15, 0.2) is 29.2 Å². The minimum atomic E-state index is -3.66. The molecule has 0 radical (unpaired) electrons. The number of hydrogen-bond donors (Lipinski definition) is 2. The zero-order valence-electron chi connectivity index (χ0n) is 10.3. The predicted octanol–water partition coefficient (Wildman–Crippen LogP) is 1.26. The Bertz CT molecular complexity index is 496. The zero-order valence-corrected chi connectivity index (χ0v) is 11.1. The van der Waals surface area contributed by atoms with Crippen molar-refractivity contribution in [2.45, 2.75) is 25.2 Å². The molecule has 1 amide bonds. The molecule has 0 heterocycles. The molecule has 1 aromatic rings. The molecule has 0 unspecified atom stereocenters. The number of rotatable bonds is 6. The minimum Gasteiger partial charge on any atom is -0.326 e. The Morgan fingerprint density at radius 2 is 1.89 bits per heavy atom. The van der Waals surface area contributed by atoms with Crippen molar-refractivity contribution in [2.75, 3.05) is 11.9 Å². The lowest BCUT2D eigenvalue weighted by molar-refractivity contribution is -0.114. The van der Waals surface area contributed by atoms with Crippen LogP contribution in [0.5, 0.6) is 0 Å². The van der Waals surface area contributed by atoms with Crippen molar-refractivity contribution < 1.29 is 18.0 Å². The summed E-state index contributed by atoms with van der Waals surface area (Å²) in [6, 6.07) is 5.80. The molecule has 18 heavy (non-hydrogen) atoms. The Labute approximate surface area is 106 Å². The fourth-order valence-electron chi connectivity index (χ4n) is 1.19. The van der Waals surface area contributed by atoms with Crippen LogP contribution in [0, 0.1) is 0 Å². The molecule has 1 aromatic carbocycles. The van der Waals surface area contributed by atoms with E-state index in [9.17, 15) is 13.2 Å². The predicted molar refractivity (Wildman–Crippen MR) is 67.3 cm³/mol. The third-order valence-electron chi connectivity index (χ3n) is 1.96. The van der Waals surface area contributed by atoms with Gasteiger partial charge in [-0.2, -0.15) is 0 Å². The molecule has 2 N–H and O–H groups in total. The Balaban J connectivity index is 2.74. The lowest BCUT2D eigenvalue weighted by atomic mass is 10.3. The van der Waals surface area contributed by atoms with Crippen molar-refractivity contribution in [1.29, 1.82) is 0 Å². The molecule has 0 aliphatic heterocycles. The second kappa shape index (κ2) is 6.48. The first kappa shape index (κ1) is 14.6. The molecule has 0 bridgehead atoms. The molecule has 0 saturated carbocycles. The lowest BCUT2D eigenvalue weighted by Gasteiger charge is -2.07. The van der Waals surface area contributed by atoms with Gasteiger partial charge in [-0.05, 0) is 30.7 Å². The van der Waals surface area contributed by atoms with Crippen LogP contribution in [0.4, 0.5) is 5.69 Å². The molecule has 0 aliphatic rings. The lowest BCUT2D eigenvalue weighted by Crippen LogP contribution is -2.24. The number of carbonyl (C=O) groups excluding carboxylic acids is 1. The maximum Gasteiger partial charge on any atom is 0.262 e. The number of amides is 1. The van der Waals surface area contributed by atoms with E-state index in [4.69, 9.17) is 4.84 Å². The number of benzene rings is 1. The summed E-state index contributed by atoms with van der Waals surface area (Å²) in [6.45, 7) is 3.56. The average Bonchev–Trinajstić information content (AvgIpc) is 2.29. The van der Waals surface area contributed by atoms with E-state index in [0.717, 1.165) is 0 Å². The average molecular weight is 272 g/mol. The molecule has 0 aromatic heterocycles. The van der Waals surface area contributed by atoms with Crippen LogP contribution in [-0.2, 0) is 19.7 Å². The Kier molecular flexibility index (Phi) is 5.26. The maximum atomic E-state index is 11.7. The van der Waals surface area contributed by atoms with Gasteiger partial charge in [0.05, 0.1) is 11.5 Å². The molecular weight excluding hydrogens is 256 g/mol. The van der Waals surface area contributed by atoms with Crippen LogP contribution >= 0.6 is 0 Å². The normalized spacial score (nSPS) is 11.2. The molecule has 0 aliphatic carbocycles. The summed E-state index contributed by atoms with van der Waals surface area (Å²) in [5.41, 5.74) is 0.538. The van der Waals surface area contributed by atoms with Crippen molar-refractivity contribution in [3.63, 3.8) is 0 Å². The SMILES string of the molecule is CCCONS(=O)(=O)c1ccc(NC(C)=O)cc1. The van der Waals surface area contributed by atoms with E-state index < -0.39 is 10.0 Å². The van der Waals surface area contributed by atoms with Crippen molar-refractivity contribution in [3.8, 4) is 0 Å². The van der Waals surface area contributed by atoms with E-state index >= 15 is 0 Å². The number of sulfonamides is 1. The third kappa shape index (κ3) is 4.44. The first-order valence-electron chi connectivity index (χ1n) is 5.47. The molecule has 0 fully saturated rings. The van der Waals surface area contributed by atoms with Gasteiger partial charge in [-0.3, -0.25) is 9.63 Å². The van der Waals surface area contributed by atoms with Gasteiger partial charge in [-0.25, -0.2) is 8.42 Å². The number of carbonyl (C=O) groups is 1. The smallest absolute Gasteiger partial charge is 0.262 e. The fraction of sp³-hybridized carbons (Fsp3) is 0.364. The summed E-state index contributed by atoms with van der Waals surface area (Å²) in [5, 5.41) is 2.55. The summed E-state index contributed by atoms with van der Waals surface area (Å²) in [5.74, 6) is -0.213. The van der Waals surface area contributed by atoms with Gasteiger partial charge < -0.3 is 5.32 Å². The van der Waals surface area contributed by atoms with Crippen molar-refractivity contribution in [2.24, 2.45) is 0 Å². The molecule has 0 atom stereocenters. The van der Waals surface area contributed by atoms with Crippen LogP contribution in [0.3, 0.4) is 0 Å². The summed E-state index contributed by atoms with van der Waals surface area (Å²) in [7, 11) is -3.66. The standard InChI is InChI=1S/C11H16N2O4S/c1-3-8-17-13-18(15,16)11-6-4-10(5-7-11)12-9(2)14/h4-7,13H,3,8H2,1-2H3,(H,12,14). The quantitative estimate of drug-likeness (QED) is 0.603. The van der Waals surface area contributed by atoms with E-state index in [-0.39, 0.29) is 10.8 Å². The first-order valence-corrected chi connectivity index (χ1v) is 6.95. The van der Waals surface area contributed by atoms with Gasteiger partial charge in [0.2, 0.25) is 5.91 Å². The minimum absolute atomic E-state index is 0.0766. The van der Waals surface area contributed by atoms with Gasteiger partial charge in [0, 0.05) is 12.6 Å². The molecule has 1 rings (SSSR count). The first-order chi connectivity index (χ1) is 8.45. The number of nitrogens with one attached hydrogen (secondary N) is 2. The third-order valence-corrected chi connectivity index (χ3v) is 3.19. The van der Waals surface area contributed by atoms with Crippen molar-refractivity contribution in [3.05, 3.63) is 24.3 Å². The van der Waals surface area contributed by atoms with E-state index in [2.05, 4.69) is 5.32 Å². The second-order valence-corrected chi connectivity index (χ2v) is 5.29. The van der Waals surface area contributed by atoms with Crippen molar-refractivity contribution >= 4 is 21.6 Å². The highest BCUT2D eigenvalue weighted by Crippen LogP contribution is 2.13. The summed E-state index contributed by atoms with van der Waals surface area (Å²) in [6.07, 6.45) is 0.712. The second-order valence-electron chi connectivity index (χ2n) is 3.64. The summed E-state index contributed by atoms with van der Waals surface area (Å²) in [4.78, 5) is 17.7. The number of anilines is 1. The van der Waals surface area contributed by atoms with E-state index in [1.54, 1.807) is 0 Å². The Morgan fingerprint density at radius 3 is 2.39 bits per heavy atom. The van der Waals surface area contributed by atoms with Gasteiger partial charge in [-0.15, -0.1) is 0 Å². The topological polar surface area (TPSA) is 84.5 Å². The van der Waals surface area contributed by atoms with Gasteiger partial charge in [0.15, 0.2) is 0 Å². The van der Waals surface area contributed by atoms with E-state index in [1.165, 1.54) is 31.2 Å². The summed E-state index contributed by atoms with van der Waals surface area (Å²) >= 11 is 0. The van der Waals surface area contributed by atoms with Gasteiger partial charge >= 0.3 is 0 Å². The summed E-state index contributed by atoms with van der Waals surface area (Å²) < 4.78 is 23.4. The van der Waals surface area contributed by atoms with Crippen molar-refractivity contribution in [1.82, 2.24) is 4.89 Å². The highest BCUT2D eigenvalue weighted by Gasteiger charge is 2.13. The Morgan fingerprint density at radius 1 is 1.28 bits per heavy atom. The van der Waals surface area contributed by atoms with Crippen LogP contribution in [0.2, 0.25) is 0 Å². The van der Waals surface area contributed by atoms with Gasteiger partial charge in [0.1, 0.15) is 0 Å². The fourth-order valence-corrected chi connectivity index (χ4v) is 2.02. The van der Waals surface area contributed by atoms with E-state index in [0.29, 0.717) is 18.7 Å². The zero-order chi connectivity index (χ0) is 13.6. The molecule has 100 valence electrons. The molecule has 0 spiro atoms. The van der Waals surface area contributed by atoms with Crippen LogP contribution < -0.4 is 10.2 Å². The highest BCUT2D eigenvalue weighted by atomic mass is 32.2. The number of hydrogen-bond acceptors (Lipinski definition) is 4. The highest BCUT2D eigenvalue weighted by molar-refractivity contribution is 7.89. The maximum absolute atomic E-state index is 11.7. The molecule has 6 nitrogen and oxygen atoms in total. The van der Waals surface area contributed by atoms with E-state index in [1.807, 2.05) is 11.8 Å². The van der Waals surface area contributed by atoms with Crippen LogP contribution in [0.25, 0.3) is 0 Å². The Hall–Kier alpha value is -1.44. The molecule has 7 heteroatoms.